The highest BCUT2D eigenvalue weighted by Crippen LogP contribution is 2.31. The second-order valence-corrected chi connectivity index (χ2v) is 5.61. The number of hydrogen-bond acceptors (Lipinski definition) is 4. The number of amides is 1. The number of nitrogens with one attached hydrogen (secondary N) is 1. The summed E-state index contributed by atoms with van der Waals surface area (Å²) in [5.74, 6) is 0.511. The van der Waals surface area contributed by atoms with Gasteiger partial charge in [-0.2, -0.15) is 0 Å². The normalized spacial score (nSPS) is 25.5. The largest absolute Gasteiger partial charge is 0.490 e. The summed E-state index contributed by atoms with van der Waals surface area (Å²) in [6.07, 6.45) is 3.23. The van der Waals surface area contributed by atoms with Crippen LogP contribution < -0.4 is 15.8 Å². The lowest BCUT2D eigenvalue weighted by atomic mass is 9.79. The van der Waals surface area contributed by atoms with Crippen LogP contribution in [0.2, 0.25) is 0 Å². The van der Waals surface area contributed by atoms with Crippen molar-refractivity contribution in [1.29, 1.82) is 0 Å². The third-order valence-corrected chi connectivity index (χ3v) is 4.17. The number of hydrogen-bond donors (Lipinski definition) is 2. The molecule has 2 unspecified atom stereocenters. The summed E-state index contributed by atoms with van der Waals surface area (Å²) >= 11 is 0. The van der Waals surface area contributed by atoms with E-state index < -0.39 is 5.54 Å². The Balaban J connectivity index is 2.05. The first kappa shape index (κ1) is 15.8. The molecule has 1 aliphatic carbocycles. The van der Waals surface area contributed by atoms with E-state index in [1.165, 1.54) is 0 Å². The van der Waals surface area contributed by atoms with Gasteiger partial charge in [0.1, 0.15) is 17.4 Å². The summed E-state index contributed by atoms with van der Waals surface area (Å²) in [6, 6.07) is 7.85. The van der Waals surface area contributed by atoms with Gasteiger partial charge in [-0.05, 0) is 44.0 Å². The van der Waals surface area contributed by atoms with Crippen LogP contribution in [0.4, 0.5) is 0 Å². The van der Waals surface area contributed by atoms with Gasteiger partial charge in [0.25, 0.3) is 0 Å². The molecule has 2 rings (SSSR count). The Morgan fingerprint density at radius 3 is 3.00 bits per heavy atom. The first-order valence-corrected chi connectivity index (χ1v) is 7.33. The van der Waals surface area contributed by atoms with Gasteiger partial charge in [-0.25, -0.2) is 0 Å². The van der Waals surface area contributed by atoms with Crippen molar-refractivity contribution >= 4 is 5.91 Å². The zero-order valence-electron chi connectivity index (χ0n) is 12.7. The van der Waals surface area contributed by atoms with Crippen LogP contribution in [-0.2, 0) is 16.1 Å². The zero-order valence-corrected chi connectivity index (χ0v) is 12.7. The van der Waals surface area contributed by atoms with E-state index in [-0.39, 0.29) is 12.0 Å². The molecule has 1 aromatic rings. The molecule has 116 valence electrons. The highest BCUT2D eigenvalue weighted by Gasteiger charge is 2.40. The van der Waals surface area contributed by atoms with Gasteiger partial charge >= 0.3 is 0 Å². The number of carbonyl (C=O) groups is 1. The quantitative estimate of drug-likeness (QED) is 0.835. The Kier molecular flexibility index (Phi) is 5.20. The second-order valence-electron chi connectivity index (χ2n) is 5.61. The van der Waals surface area contributed by atoms with Crippen LogP contribution in [0.15, 0.2) is 24.3 Å². The third kappa shape index (κ3) is 3.74. The predicted molar refractivity (Wildman–Crippen MR) is 81.0 cm³/mol. The van der Waals surface area contributed by atoms with Crippen LogP contribution in [0.25, 0.3) is 0 Å². The number of benzene rings is 1. The highest BCUT2D eigenvalue weighted by molar-refractivity contribution is 5.84. The molecule has 0 radical (unpaired) electrons. The van der Waals surface area contributed by atoms with E-state index in [9.17, 15) is 4.79 Å². The minimum Gasteiger partial charge on any atom is -0.490 e. The number of ether oxygens (including phenoxy) is 2. The molecule has 1 aromatic carbocycles. The molecule has 0 aliphatic heterocycles. The van der Waals surface area contributed by atoms with Crippen LogP contribution in [0.5, 0.6) is 5.75 Å². The molecule has 0 saturated heterocycles. The fourth-order valence-corrected chi connectivity index (χ4v) is 2.97. The number of nitrogens with two attached hydrogens (primary N) is 1. The highest BCUT2D eigenvalue weighted by atomic mass is 16.5. The van der Waals surface area contributed by atoms with Crippen molar-refractivity contribution in [3.8, 4) is 5.75 Å². The van der Waals surface area contributed by atoms with Gasteiger partial charge in [-0.3, -0.25) is 4.79 Å². The van der Waals surface area contributed by atoms with E-state index in [0.717, 1.165) is 30.6 Å². The molecule has 1 saturated carbocycles. The smallest absolute Gasteiger partial charge is 0.237 e. The Hall–Kier alpha value is -1.59. The van der Waals surface area contributed by atoms with E-state index in [2.05, 4.69) is 5.32 Å². The number of methoxy groups -OCH3 is 1. The number of likely N-dealkylation sites (N-methyl/N-ethyl adjacent to an activating group) is 1. The summed E-state index contributed by atoms with van der Waals surface area (Å²) in [5.41, 5.74) is 5.98. The Morgan fingerprint density at radius 1 is 1.52 bits per heavy atom. The lowest BCUT2D eigenvalue weighted by Gasteiger charge is -2.38. The van der Waals surface area contributed by atoms with Crippen molar-refractivity contribution < 1.29 is 14.3 Å². The molecular formula is C16H24N2O3. The lowest BCUT2D eigenvalue weighted by Crippen LogP contribution is -2.58. The van der Waals surface area contributed by atoms with Crippen molar-refractivity contribution in [2.45, 2.75) is 43.9 Å². The van der Waals surface area contributed by atoms with Crippen molar-refractivity contribution in [3.63, 3.8) is 0 Å². The summed E-state index contributed by atoms with van der Waals surface area (Å²) in [4.78, 5) is 11.7. The van der Waals surface area contributed by atoms with Gasteiger partial charge in [-0.15, -0.1) is 0 Å². The van der Waals surface area contributed by atoms with Crippen LogP contribution in [-0.4, -0.2) is 31.7 Å². The van der Waals surface area contributed by atoms with Crippen molar-refractivity contribution in [2.24, 2.45) is 5.73 Å². The first-order chi connectivity index (χ1) is 10.1. The lowest BCUT2D eigenvalue weighted by molar-refractivity contribution is -0.126. The van der Waals surface area contributed by atoms with Crippen LogP contribution in [0.3, 0.4) is 0 Å². The molecule has 0 bridgehead atoms. The monoisotopic (exact) mass is 292 g/mol. The minimum atomic E-state index is -0.646. The number of primary amides is 1. The van der Waals surface area contributed by atoms with Crippen molar-refractivity contribution in [3.05, 3.63) is 29.8 Å². The summed E-state index contributed by atoms with van der Waals surface area (Å²) in [6.45, 7) is 0.559. The van der Waals surface area contributed by atoms with E-state index in [0.29, 0.717) is 13.0 Å². The fourth-order valence-electron chi connectivity index (χ4n) is 2.97. The standard InChI is InChI=1S/C16H24N2O3/c1-18-16(15(17)19)8-4-7-14(10-16)21-13-6-3-5-12(9-13)11-20-2/h3,5-6,9,14,18H,4,7-8,10-11H2,1-2H3,(H2,17,19). The fraction of sp³-hybridized carbons (Fsp3) is 0.562. The maximum absolute atomic E-state index is 11.7. The topological polar surface area (TPSA) is 73.6 Å². The van der Waals surface area contributed by atoms with Crippen molar-refractivity contribution in [2.75, 3.05) is 14.2 Å². The molecule has 0 spiro atoms. The van der Waals surface area contributed by atoms with Gasteiger partial charge in [0.05, 0.1) is 6.61 Å². The first-order valence-electron chi connectivity index (χ1n) is 7.33. The molecule has 2 atom stereocenters. The Morgan fingerprint density at radius 2 is 2.33 bits per heavy atom. The van der Waals surface area contributed by atoms with Gasteiger partial charge in [0.15, 0.2) is 0 Å². The zero-order chi connectivity index (χ0) is 15.3. The van der Waals surface area contributed by atoms with Gasteiger partial charge in [-0.1, -0.05) is 12.1 Å². The summed E-state index contributed by atoms with van der Waals surface area (Å²) in [5, 5.41) is 3.09. The Labute approximate surface area is 125 Å². The van der Waals surface area contributed by atoms with E-state index in [1.807, 2.05) is 24.3 Å². The molecule has 0 heterocycles. The van der Waals surface area contributed by atoms with E-state index >= 15 is 0 Å². The average molecular weight is 292 g/mol. The molecule has 0 aromatic heterocycles. The molecule has 1 amide bonds. The van der Waals surface area contributed by atoms with Crippen LogP contribution in [0.1, 0.15) is 31.2 Å². The van der Waals surface area contributed by atoms with Crippen molar-refractivity contribution in [1.82, 2.24) is 5.32 Å². The number of carbonyl (C=O) groups excluding carboxylic acids is 1. The molecule has 1 fully saturated rings. The predicted octanol–water partition coefficient (Wildman–Crippen LogP) is 1.60. The Bertz CT molecular complexity index is 492. The number of rotatable bonds is 6. The second kappa shape index (κ2) is 6.91. The summed E-state index contributed by atoms with van der Waals surface area (Å²) in [7, 11) is 3.45. The van der Waals surface area contributed by atoms with Gasteiger partial charge in [0, 0.05) is 13.5 Å². The molecule has 21 heavy (non-hydrogen) atoms. The molecular weight excluding hydrogens is 268 g/mol. The van der Waals surface area contributed by atoms with Crippen LogP contribution >= 0.6 is 0 Å². The van der Waals surface area contributed by atoms with Gasteiger partial charge < -0.3 is 20.5 Å². The average Bonchev–Trinajstić information content (AvgIpc) is 2.48. The molecule has 5 heteroatoms. The molecule has 3 N–H and O–H groups in total. The maximum Gasteiger partial charge on any atom is 0.237 e. The maximum atomic E-state index is 11.7. The van der Waals surface area contributed by atoms with Gasteiger partial charge in [0.2, 0.25) is 5.91 Å². The SMILES string of the molecule is CNC1(C(N)=O)CCCC(Oc2cccc(COC)c2)C1. The third-order valence-electron chi connectivity index (χ3n) is 4.17. The van der Waals surface area contributed by atoms with E-state index in [4.69, 9.17) is 15.2 Å². The minimum absolute atomic E-state index is 0.00325. The summed E-state index contributed by atoms with van der Waals surface area (Å²) < 4.78 is 11.2. The molecule has 5 nitrogen and oxygen atoms in total. The molecule has 1 aliphatic rings. The van der Waals surface area contributed by atoms with Crippen LogP contribution in [0, 0.1) is 0 Å². The van der Waals surface area contributed by atoms with E-state index in [1.54, 1.807) is 14.2 Å².